The average Bonchev–Trinajstić information content (AvgIpc) is 3.23. The first kappa shape index (κ1) is 14.4. The summed E-state index contributed by atoms with van der Waals surface area (Å²) in [6, 6.07) is 7.65. The maximum Gasteiger partial charge on any atom is 0.267 e. The number of halogens is 2. The molecule has 3 heterocycles. The van der Waals surface area contributed by atoms with Gasteiger partial charge in [0.25, 0.3) is 5.91 Å². The van der Waals surface area contributed by atoms with E-state index >= 15 is 0 Å². The summed E-state index contributed by atoms with van der Waals surface area (Å²) >= 11 is 0. The second kappa shape index (κ2) is 5.45. The van der Waals surface area contributed by atoms with Gasteiger partial charge in [0.2, 0.25) is 0 Å². The second-order valence-electron chi connectivity index (χ2n) is 6.27. The molecule has 2 fully saturated rings. The SMILES string of the molecule is O=C(N[C@@H]1C[C@H]2CC[C@@H]1N2)c1ccc(-c2ccc(F)cc2F)[nH]1. The quantitative estimate of drug-likeness (QED) is 0.815. The van der Waals surface area contributed by atoms with Crippen molar-refractivity contribution in [2.75, 3.05) is 0 Å². The minimum atomic E-state index is -0.656. The molecule has 4 nitrogen and oxygen atoms in total. The maximum absolute atomic E-state index is 13.8. The Hall–Kier alpha value is -2.21. The first-order valence-electron chi connectivity index (χ1n) is 7.81. The standard InChI is InChI=1S/C17H17F2N3O/c18-9-1-3-11(12(19)7-9)13-5-6-15(21-13)17(23)22-16-8-10-2-4-14(16)20-10/h1,3,5-7,10,14,16,20-21H,2,4,8H2,(H,22,23)/t10-,14+,16-/m1/s1. The van der Waals surface area contributed by atoms with E-state index in [1.165, 1.54) is 18.6 Å². The van der Waals surface area contributed by atoms with Gasteiger partial charge in [0.05, 0.1) is 0 Å². The van der Waals surface area contributed by atoms with Crippen molar-refractivity contribution in [1.29, 1.82) is 0 Å². The molecule has 0 radical (unpaired) electrons. The van der Waals surface area contributed by atoms with Crippen molar-refractivity contribution in [2.45, 2.75) is 37.4 Å². The number of fused-ring (bicyclic) bond motifs is 2. The Labute approximate surface area is 132 Å². The Bertz CT molecular complexity index is 758. The number of carbonyl (C=O) groups is 1. The molecule has 3 atom stereocenters. The van der Waals surface area contributed by atoms with Gasteiger partial charge in [0.15, 0.2) is 0 Å². The number of aromatic nitrogens is 1. The molecule has 2 aromatic rings. The Morgan fingerprint density at radius 3 is 2.74 bits per heavy atom. The van der Waals surface area contributed by atoms with Crippen LogP contribution < -0.4 is 10.6 Å². The lowest BCUT2D eigenvalue weighted by atomic mass is 9.95. The van der Waals surface area contributed by atoms with Crippen molar-refractivity contribution in [1.82, 2.24) is 15.6 Å². The van der Waals surface area contributed by atoms with Gasteiger partial charge in [0, 0.05) is 35.4 Å². The van der Waals surface area contributed by atoms with E-state index in [2.05, 4.69) is 15.6 Å². The third-order valence-corrected chi connectivity index (χ3v) is 4.77. The molecule has 0 spiro atoms. The zero-order valence-corrected chi connectivity index (χ0v) is 12.4. The summed E-state index contributed by atoms with van der Waals surface area (Å²) in [5.41, 5.74) is 1.08. The lowest BCUT2D eigenvalue weighted by Crippen LogP contribution is -2.43. The Morgan fingerprint density at radius 2 is 2.04 bits per heavy atom. The highest BCUT2D eigenvalue weighted by atomic mass is 19.1. The minimum Gasteiger partial charge on any atom is -0.350 e. The van der Waals surface area contributed by atoms with Crippen LogP contribution in [0.3, 0.4) is 0 Å². The zero-order valence-electron chi connectivity index (χ0n) is 12.4. The van der Waals surface area contributed by atoms with Gasteiger partial charge in [-0.05, 0) is 43.5 Å². The largest absolute Gasteiger partial charge is 0.350 e. The Morgan fingerprint density at radius 1 is 1.17 bits per heavy atom. The third-order valence-electron chi connectivity index (χ3n) is 4.77. The molecule has 0 unspecified atom stereocenters. The number of aromatic amines is 1. The molecule has 2 aliphatic heterocycles. The van der Waals surface area contributed by atoms with E-state index in [0.29, 0.717) is 23.5 Å². The van der Waals surface area contributed by atoms with E-state index in [4.69, 9.17) is 0 Å². The summed E-state index contributed by atoms with van der Waals surface area (Å²) in [6.45, 7) is 0. The van der Waals surface area contributed by atoms with E-state index in [9.17, 15) is 13.6 Å². The van der Waals surface area contributed by atoms with Gasteiger partial charge < -0.3 is 15.6 Å². The van der Waals surface area contributed by atoms with Crippen molar-refractivity contribution >= 4 is 5.91 Å². The molecule has 3 N–H and O–H groups in total. The summed E-state index contributed by atoms with van der Waals surface area (Å²) in [7, 11) is 0. The van der Waals surface area contributed by atoms with Crippen molar-refractivity contribution in [3.05, 3.63) is 47.7 Å². The average molecular weight is 317 g/mol. The van der Waals surface area contributed by atoms with Crippen LogP contribution in [-0.2, 0) is 0 Å². The number of hydrogen-bond donors (Lipinski definition) is 3. The van der Waals surface area contributed by atoms with Crippen LogP contribution >= 0.6 is 0 Å². The van der Waals surface area contributed by atoms with Crippen LogP contribution in [0.5, 0.6) is 0 Å². The van der Waals surface area contributed by atoms with Crippen molar-refractivity contribution in [3.8, 4) is 11.3 Å². The molecule has 1 aromatic heterocycles. The number of benzene rings is 1. The number of nitrogens with one attached hydrogen (secondary N) is 3. The zero-order chi connectivity index (χ0) is 16.0. The lowest BCUT2D eigenvalue weighted by Gasteiger charge is -2.21. The summed E-state index contributed by atoms with van der Waals surface area (Å²) in [4.78, 5) is 15.2. The van der Waals surface area contributed by atoms with Crippen LogP contribution in [0.4, 0.5) is 8.78 Å². The van der Waals surface area contributed by atoms with Crippen molar-refractivity contribution in [3.63, 3.8) is 0 Å². The van der Waals surface area contributed by atoms with Gasteiger partial charge in [-0.1, -0.05) is 0 Å². The second-order valence-corrected chi connectivity index (χ2v) is 6.27. The summed E-state index contributed by atoms with van der Waals surface area (Å²) in [6.07, 6.45) is 3.22. The van der Waals surface area contributed by atoms with Crippen LogP contribution in [0.15, 0.2) is 30.3 Å². The topological polar surface area (TPSA) is 56.9 Å². The monoisotopic (exact) mass is 317 g/mol. The molecule has 1 aromatic carbocycles. The molecular weight excluding hydrogens is 300 g/mol. The molecule has 0 aliphatic carbocycles. The lowest BCUT2D eigenvalue weighted by molar-refractivity contribution is 0.0926. The van der Waals surface area contributed by atoms with E-state index < -0.39 is 11.6 Å². The molecule has 2 aliphatic rings. The number of hydrogen-bond acceptors (Lipinski definition) is 2. The van der Waals surface area contributed by atoms with E-state index in [1.54, 1.807) is 12.1 Å². The normalized spacial score (nSPS) is 25.7. The van der Waals surface area contributed by atoms with Crippen LogP contribution in [-0.4, -0.2) is 29.0 Å². The van der Waals surface area contributed by atoms with Gasteiger partial charge >= 0.3 is 0 Å². The first-order chi connectivity index (χ1) is 11.1. The number of rotatable bonds is 3. The van der Waals surface area contributed by atoms with Crippen LogP contribution in [0.2, 0.25) is 0 Å². The van der Waals surface area contributed by atoms with Gasteiger partial charge in [-0.25, -0.2) is 8.78 Å². The smallest absolute Gasteiger partial charge is 0.267 e. The molecule has 2 saturated heterocycles. The Kier molecular flexibility index (Phi) is 3.41. The highest BCUT2D eigenvalue weighted by molar-refractivity contribution is 5.93. The summed E-state index contributed by atoms with van der Waals surface area (Å²) in [5.74, 6) is -1.48. The summed E-state index contributed by atoms with van der Waals surface area (Å²) in [5, 5.41) is 6.50. The fraction of sp³-hybridized carbons (Fsp3) is 0.353. The predicted octanol–water partition coefficient (Wildman–Crippen LogP) is 2.58. The molecule has 6 heteroatoms. The van der Waals surface area contributed by atoms with Gasteiger partial charge in [0.1, 0.15) is 17.3 Å². The maximum atomic E-state index is 13.8. The van der Waals surface area contributed by atoms with E-state index in [0.717, 1.165) is 18.9 Å². The molecule has 1 amide bonds. The van der Waals surface area contributed by atoms with Crippen LogP contribution in [0.1, 0.15) is 29.8 Å². The summed E-state index contributed by atoms with van der Waals surface area (Å²) < 4.78 is 26.8. The van der Waals surface area contributed by atoms with Gasteiger partial charge in [-0.3, -0.25) is 4.79 Å². The Balaban J connectivity index is 1.50. The molecule has 23 heavy (non-hydrogen) atoms. The fourth-order valence-electron chi connectivity index (χ4n) is 3.62. The molecular formula is C17H17F2N3O. The number of amides is 1. The molecule has 2 bridgehead atoms. The minimum absolute atomic E-state index is 0.149. The van der Waals surface area contributed by atoms with Crippen molar-refractivity contribution in [2.24, 2.45) is 0 Å². The van der Waals surface area contributed by atoms with Crippen molar-refractivity contribution < 1.29 is 13.6 Å². The molecule has 4 rings (SSSR count). The first-order valence-corrected chi connectivity index (χ1v) is 7.81. The fourth-order valence-corrected chi connectivity index (χ4v) is 3.62. The third kappa shape index (κ3) is 2.63. The predicted molar refractivity (Wildman–Crippen MR) is 82.0 cm³/mol. The van der Waals surface area contributed by atoms with Crippen LogP contribution in [0.25, 0.3) is 11.3 Å². The molecule has 0 saturated carbocycles. The van der Waals surface area contributed by atoms with E-state index in [1.807, 2.05) is 0 Å². The highest BCUT2D eigenvalue weighted by Gasteiger charge is 2.39. The van der Waals surface area contributed by atoms with E-state index in [-0.39, 0.29) is 17.5 Å². The van der Waals surface area contributed by atoms with Crippen LogP contribution in [0, 0.1) is 11.6 Å². The highest BCUT2D eigenvalue weighted by Crippen LogP contribution is 2.28. The molecule has 120 valence electrons. The number of H-pyrrole nitrogens is 1. The van der Waals surface area contributed by atoms with Gasteiger partial charge in [-0.15, -0.1) is 0 Å². The van der Waals surface area contributed by atoms with Gasteiger partial charge in [-0.2, -0.15) is 0 Å². The number of carbonyl (C=O) groups excluding carboxylic acids is 1.